The Morgan fingerprint density at radius 1 is 1.39 bits per heavy atom. The van der Waals surface area contributed by atoms with Crippen LogP contribution < -0.4 is 15.2 Å². The monoisotopic (exact) mass is 251 g/mol. The van der Waals surface area contributed by atoms with Gasteiger partial charge in [0.2, 0.25) is 0 Å². The van der Waals surface area contributed by atoms with Gasteiger partial charge in [-0.15, -0.1) is 0 Å². The van der Waals surface area contributed by atoms with Crippen LogP contribution in [0.15, 0.2) is 12.1 Å². The molecule has 0 bridgehead atoms. The maximum Gasteiger partial charge on any atom is 0.343 e. The number of benzene rings is 1. The fraction of sp³-hybridized carbons (Fsp3) is 0.462. The summed E-state index contributed by atoms with van der Waals surface area (Å²) in [6.45, 7) is -0.107. The van der Waals surface area contributed by atoms with E-state index in [9.17, 15) is 4.79 Å². The van der Waals surface area contributed by atoms with Gasteiger partial charge in [0.15, 0.2) is 6.61 Å². The number of methoxy groups -OCH3 is 2. The van der Waals surface area contributed by atoms with Crippen molar-refractivity contribution in [2.24, 2.45) is 5.73 Å². The van der Waals surface area contributed by atoms with Crippen molar-refractivity contribution in [2.45, 2.75) is 18.9 Å². The van der Waals surface area contributed by atoms with E-state index in [1.165, 1.54) is 7.11 Å². The van der Waals surface area contributed by atoms with Crippen molar-refractivity contribution in [3.8, 4) is 11.5 Å². The maximum absolute atomic E-state index is 11.0. The second-order valence-corrected chi connectivity index (χ2v) is 4.30. The molecule has 0 saturated heterocycles. The number of rotatable bonds is 4. The quantitative estimate of drug-likeness (QED) is 0.796. The fourth-order valence-corrected chi connectivity index (χ4v) is 2.17. The molecule has 1 atom stereocenters. The molecule has 1 aliphatic rings. The molecule has 1 unspecified atom stereocenters. The summed E-state index contributed by atoms with van der Waals surface area (Å²) >= 11 is 0. The van der Waals surface area contributed by atoms with Crippen molar-refractivity contribution in [1.82, 2.24) is 0 Å². The van der Waals surface area contributed by atoms with Crippen LogP contribution in [0.25, 0.3) is 0 Å². The number of fused-ring (bicyclic) bond motifs is 1. The van der Waals surface area contributed by atoms with Crippen molar-refractivity contribution in [3.05, 3.63) is 23.3 Å². The number of esters is 1. The first-order valence-corrected chi connectivity index (χ1v) is 5.79. The van der Waals surface area contributed by atoms with Gasteiger partial charge >= 0.3 is 5.97 Å². The van der Waals surface area contributed by atoms with Gasteiger partial charge in [0.1, 0.15) is 11.5 Å². The molecule has 2 rings (SSSR count). The first kappa shape index (κ1) is 12.7. The molecule has 5 nitrogen and oxygen atoms in total. The summed E-state index contributed by atoms with van der Waals surface area (Å²) < 4.78 is 15.2. The Balaban J connectivity index is 2.18. The molecular weight excluding hydrogens is 234 g/mol. The van der Waals surface area contributed by atoms with E-state index in [1.54, 1.807) is 13.2 Å². The number of hydrogen-bond donors (Lipinski definition) is 1. The summed E-state index contributed by atoms with van der Waals surface area (Å²) in [5.41, 5.74) is 8.19. The van der Waals surface area contributed by atoms with Crippen LogP contribution in [-0.4, -0.2) is 32.8 Å². The van der Waals surface area contributed by atoms with E-state index in [1.807, 2.05) is 6.07 Å². The molecule has 5 heteroatoms. The Kier molecular flexibility index (Phi) is 3.72. The summed E-state index contributed by atoms with van der Waals surface area (Å²) in [7, 11) is 2.94. The molecule has 1 aromatic rings. The van der Waals surface area contributed by atoms with Gasteiger partial charge in [-0.1, -0.05) is 0 Å². The average Bonchev–Trinajstić information content (AvgIpc) is 2.74. The summed E-state index contributed by atoms with van der Waals surface area (Å²) in [4.78, 5) is 11.0. The van der Waals surface area contributed by atoms with Crippen molar-refractivity contribution in [1.29, 1.82) is 0 Å². The van der Waals surface area contributed by atoms with Crippen LogP contribution in [0.4, 0.5) is 0 Å². The Morgan fingerprint density at radius 2 is 2.17 bits per heavy atom. The lowest BCUT2D eigenvalue weighted by molar-refractivity contribution is -0.142. The number of hydrogen-bond acceptors (Lipinski definition) is 5. The highest BCUT2D eigenvalue weighted by Gasteiger charge is 2.23. The minimum Gasteiger partial charge on any atom is -0.496 e. The van der Waals surface area contributed by atoms with Gasteiger partial charge < -0.3 is 19.9 Å². The van der Waals surface area contributed by atoms with Crippen molar-refractivity contribution in [3.63, 3.8) is 0 Å². The largest absolute Gasteiger partial charge is 0.496 e. The van der Waals surface area contributed by atoms with Crippen molar-refractivity contribution < 1.29 is 19.0 Å². The lowest BCUT2D eigenvalue weighted by atomic mass is 10.1. The highest BCUT2D eigenvalue weighted by molar-refractivity contribution is 5.71. The normalized spacial score (nSPS) is 17.2. The van der Waals surface area contributed by atoms with Crippen molar-refractivity contribution in [2.75, 3.05) is 20.8 Å². The van der Waals surface area contributed by atoms with E-state index in [0.29, 0.717) is 5.75 Å². The molecule has 98 valence electrons. The third kappa shape index (κ3) is 2.56. The topological polar surface area (TPSA) is 70.8 Å². The smallest absolute Gasteiger partial charge is 0.343 e. The number of carbonyl (C=O) groups excluding carboxylic acids is 1. The molecule has 0 radical (unpaired) electrons. The molecular formula is C13H17NO4. The first-order valence-electron chi connectivity index (χ1n) is 5.79. The zero-order chi connectivity index (χ0) is 13.1. The van der Waals surface area contributed by atoms with Gasteiger partial charge in [-0.05, 0) is 30.0 Å². The Bertz CT molecular complexity index is 459. The molecule has 0 heterocycles. The lowest BCUT2D eigenvalue weighted by Crippen LogP contribution is -2.19. The minimum atomic E-state index is -0.411. The molecule has 1 aliphatic carbocycles. The van der Waals surface area contributed by atoms with Crippen LogP contribution >= 0.6 is 0 Å². The van der Waals surface area contributed by atoms with Gasteiger partial charge in [0.05, 0.1) is 14.2 Å². The van der Waals surface area contributed by atoms with Crippen LogP contribution in [0.2, 0.25) is 0 Å². The zero-order valence-corrected chi connectivity index (χ0v) is 10.6. The molecule has 0 aromatic heterocycles. The summed E-state index contributed by atoms with van der Waals surface area (Å²) in [5.74, 6) is 0.955. The molecule has 0 amide bonds. The minimum absolute atomic E-state index is 0.107. The average molecular weight is 251 g/mol. The SMILES string of the molecule is COC(=O)COc1cc2c(c(OC)c1)CC(N)C2. The predicted molar refractivity (Wildman–Crippen MR) is 65.9 cm³/mol. The van der Waals surface area contributed by atoms with Crippen LogP contribution in [0.3, 0.4) is 0 Å². The van der Waals surface area contributed by atoms with Gasteiger partial charge in [0.25, 0.3) is 0 Å². The Hall–Kier alpha value is -1.75. The van der Waals surface area contributed by atoms with E-state index in [4.69, 9.17) is 15.2 Å². The third-order valence-corrected chi connectivity index (χ3v) is 3.03. The third-order valence-electron chi connectivity index (χ3n) is 3.03. The zero-order valence-electron chi connectivity index (χ0n) is 10.6. The van der Waals surface area contributed by atoms with Crippen LogP contribution in [-0.2, 0) is 22.4 Å². The second-order valence-electron chi connectivity index (χ2n) is 4.30. The van der Waals surface area contributed by atoms with E-state index in [2.05, 4.69) is 4.74 Å². The standard InChI is InChI=1S/C13H17NO4/c1-16-12-6-10(18-7-13(15)17-2)4-8-3-9(14)5-11(8)12/h4,6,9H,3,5,7,14H2,1-2H3. The number of nitrogens with two attached hydrogens (primary N) is 1. The highest BCUT2D eigenvalue weighted by Crippen LogP contribution is 2.34. The molecule has 0 spiro atoms. The van der Waals surface area contributed by atoms with Gasteiger partial charge in [-0.2, -0.15) is 0 Å². The second kappa shape index (κ2) is 5.27. The van der Waals surface area contributed by atoms with Crippen LogP contribution in [0.5, 0.6) is 11.5 Å². The molecule has 0 fully saturated rings. The Labute approximate surface area is 106 Å². The summed E-state index contributed by atoms with van der Waals surface area (Å²) in [6.07, 6.45) is 1.62. The fourth-order valence-electron chi connectivity index (χ4n) is 2.17. The molecule has 18 heavy (non-hydrogen) atoms. The molecule has 0 saturated carbocycles. The number of carbonyl (C=O) groups is 1. The first-order chi connectivity index (χ1) is 8.63. The van der Waals surface area contributed by atoms with E-state index < -0.39 is 5.97 Å². The van der Waals surface area contributed by atoms with Gasteiger partial charge in [-0.3, -0.25) is 0 Å². The molecule has 0 aliphatic heterocycles. The van der Waals surface area contributed by atoms with Gasteiger partial charge in [-0.25, -0.2) is 4.79 Å². The van der Waals surface area contributed by atoms with E-state index >= 15 is 0 Å². The molecule has 2 N–H and O–H groups in total. The summed E-state index contributed by atoms with van der Waals surface area (Å²) in [6, 6.07) is 3.82. The van der Waals surface area contributed by atoms with E-state index in [0.717, 1.165) is 29.7 Å². The number of ether oxygens (including phenoxy) is 3. The van der Waals surface area contributed by atoms with Crippen LogP contribution in [0, 0.1) is 0 Å². The van der Waals surface area contributed by atoms with Crippen molar-refractivity contribution >= 4 is 5.97 Å². The van der Waals surface area contributed by atoms with Crippen LogP contribution in [0.1, 0.15) is 11.1 Å². The summed E-state index contributed by atoms with van der Waals surface area (Å²) in [5, 5.41) is 0. The van der Waals surface area contributed by atoms with Gasteiger partial charge in [0, 0.05) is 12.1 Å². The maximum atomic E-state index is 11.0. The van der Waals surface area contributed by atoms with E-state index in [-0.39, 0.29) is 12.6 Å². The Morgan fingerprint density at radius 3 is 2.83 bits per heavy atom. The lowest BCUT2D eigenvalue weighted by Gasteiger charge is -2.11. The predicted octanol–water partition coefficient (Wildman–Crippen LogP) is 0.673. The highest BCUT2D eigenvalue weighted by atomic mass is 16.6. The molecule has 1 aromatic carbocycles.